The van der Waals surface area contributed by atoms with Gasteiger partial charge in [-0.25, -0.2) is 9.67 Å². The fourth-order valence-electron chi connectivity index (χ4n) is 4.20. The second-order valence-corrected chi connectivity index (χ2v) is 9.26. The number of amides is 1. The van der Waals surface area contributed by atoms with E-state index in [0.29, 0.717) is 18.7 Å². The van der Waals surface area contributed by atoms with E-state index in [0.717, 1.165) is 53.0 Å². The maximum atomic E-state index is 13.2. The molecule has 2 aromatic carbocycles. The van der Waals surface area contributed by atoms with E-state index >= 15 is 0 Å². The number of ether oxygens (including phenoxy) is 1. The number of para-hydroxylation sites is 1. The standard InChI is InChI=1S/C26H27N5O2S/c1-19-23(16-27-31(19)21-6-4-3-5-7-21)26(32)30-14-12-29(13-15-30)17-25-28-24(18-34-25)20-8-10-22(33-2)11-9-20/h3-11,16,18H,12-15,17H2,1-2H3. The molecule has 1 aliphatic rings. The summed E-state index contributed by atoms with van der Waals surface area (Å²) in [5.41, 5.74) is 4.57. The zero-order valence-corrected chi connectivity index (χ0v) is 20.2. The molecule has 0 radical (unpaired) electrons. The lowest BCUT2D eigenvalue weighted by Gasteiger charge is -2.34. The molecule has 5 rings (SSSR count). The highest BCUT2D eigenvalue weighted by atomic mass is 32.1. The third kappa shape index (κ3) is 4.60. The number of rotatable bonds is 6. The lowest BCUT2D eigenvalue weighted by atomic mass is 10.2. The molecule has 1 amide bonds. The van der Waals surface area contributed by atoms with Gasteiger partial charge in [-0.15, -0.1) is 11.3 Å². The molecule has 34 heavy (non-hydrogen) atoms. The van der Waals surface area contributed by atoms with Crippen molar-refractivity contribution in [2.75, 3.05) is 33.3 Å². The van der Waals surface area contributed by atoms with Crippen molar-refractivity contribution >= 4 is 17.2 Å². The van der Waals surface area contributed by atoms with Gasteiger partial charge in [0.1, 0.15) is 10.8 Å². The Morgan fingerprint density at radius 2 is 1.76 bits per heavy atom. The van der Waals surface area contributed by atoms with Crippen LogP contribution in [0.3, 0.4) is 0 Å². The van der Waals surface area contributed by atoms with Gasteiger partial charge in [0.25, 0.3) is 5.91 Å². The topological polar surface area (TPSA) is 63.5 Å². The predicted octanol–water partition coefficient (Wildman–Crippen LogP) is 4.27. The molecule has 174 valence electrons. The van der Waals surface area contributed by atoms with Gasteiger partial charge >= 0.3 is 0 Å². The minimum absolute atomic E-state index is 0.0513. The summed E-state index contributed by atoms with van der Waals surface area (Å²) in [5.74, 6) is 0.893. The van der Waals surface area contributed by atoms with Gasteiger partial charge in [0.15, 0.2) is 0 Å². The Kier molecular flexibility index (Phi) is 6.42. The quantitative estimate of drug-likeness (QED) is 0.419. The molecule has 8 heteroatoms. The number of benzene rings is 2. The van der Waals surface area contributed by atoms with Crippen LogP contribution >= 0.6 is 11.3 Å². The van der Waals surface area contributed by atoms with E-state index in [-0.39, 0.29) is 5.91 Å². The average Bonchev–Trinajstić information content (AvgIpc) is 3.51. The van der Waals surface area contributed by atoms with Crippen molar-refractivity contribution < 1.29 is 9.53 Å². The average molecular weight is 474 g/mol. The highest BCUT2D eigenvalue weighted by Crippen LogP contribution is 2.25. The molecule has 4 aromatic rings. The molecule has 1 saturated heterocycles. The van der Waals surface area contributed by atoms with Gasteiger partial charge < -0.3 is 9.64 Å². The maximum absolute atomic E-state index is 13.2. The summed E-state index contributed by atoms with van der Waals surface area (Å²) in [6.45, 7) is 5.81. The number of hydrogen-bond donors (Lipinski definition) is 0. The van der Waals surface area contributed by atoms with Crippen molar-refractivity contribution in [1.82, 2.24) is 24.6 Å². The number of nitrogens with zero attached hydrogens (tertiary/aromatic N) is 5. The van der Waals surface area contributed by atoms with Crippen molar-refractivity contribution in [3.8, 4) is 22.7 Å². The molecular weight excluding hydrogens is 446 g/mol. The highest BCUT2D eigenvalue weighted by molar-refractivity contribution is 7.09. The lowest BCUT2D eigenvalue weighted by Crippen LogP contribution is -2.48. The van der Waals surface area contributed by atoms with Gasteiger partial charge in [-0.1, -0.05) is 18.2 Å². The molecule has 1 aliphatic heterocycles. The summed E-state index contributed by atoms with van der Waals surface area (Å²) in [6.07, 6.45) is 1.69. The Balaban J connectivity index is 1.18. The predicted molar refractivity (Wildman–Crippen MR) is 134 cm³/mol. The second-order valence-electron chi connectivity index (χ2n) is 8.31. The number of aromatic nitrogens is 3. The molecule has 0 atom stereocenters. The maximum Gasteiger partial charge on any atom is 0.257 e. The van der Waals surface area contributed by atoms with Gasteiger partial charge in [0.05, 0.1) is 42.5 Å². The first kappa shape index (κ1) is 22.3. The van der Waals surface area contributed by atoms with Gasteiger partial charge in [0.2, 0.25) is 0 Å². The van der Waals surface area contributed by atoms with Crippen LogP contribution in [-0.4, -0.2) is 63.8 Å². The minimum atomic E-state index is 0.0513. The largest absolute Gasteiger partial charge is 0.497 e. The SMILES string of the molecule is COc1ccc(-c2csc(CN3CCN(C(=O)c4cnn(-c5ccccc5)c4C)CC3)n2)cc1. The van der Waals surface area contributed by atoms with E-state index in [1.807, 2.05) is 71.1 Å². The highest BCUT2D eigenvalue weighted by Gasteiger charge is 2.25. The normalized spacial score (nSPS) is 14.4. The van der Waals surface area contributed by atoms with Crippen LogP contribution in [0.2, 0.25) is 0 Å². The zero-order chi connectivity index (χ0) is 23.5. The van der Waals surface area contributed by atoms with Crippen LogP contribution in [0.15, 0.2) is 66.2 Å². The number of piperazine rings is 1. The fourth-order valence-corrected chi connectivity index (χ4v) is 5.04. The molecule has 0 unspecified atom stereocenters. The van der Waals surface area contributed by atoms with Crippen LogP contribution in [-0.2, 0) is 6.54 Å². The molecule has 0 N–H and O–H groups in total. The number of thiazole rings is 1. The van der Waals surface area contributed by atoms with E-state index < -0.39 is 0 Å². The van der Waals surface area contributed by atoms with Crippen LogP contribution in [0.25, 0.3) is 16.9 Å². The Morgan fingerprint density at radius 3 is 2.47 bits per heavy atom. The summed E-state index contributed by atoms with van der Waals surface area (Å²) >= 11 is 1.68. The van der Waals surface area contributed by atoms with Gasteiger partial charge in [-0.3, -0.25) is 9.69 Å². The van der Waals surface area contributed by atoms with Crippen molar-refractivity contribution in [3.05, 3.63) is 82.4 Å². The van der Waals surface area contributed by atoms with Crippen molar-refractivity contribution in [1.29, 1.82) is 0 Å². The number of hydrogen-bond acceptors (Lipinski definition) is 6. The molecule has 2 aromatic heterocycles. The summed E-state index contributed by atoms with van der Waals surface area (Å²) in [5, 5.41) is 7.64. The Labute approximate surface area is 203 Å². The molecule has 7 nitrogen and oxygen atoms in total. The van der Waals surface area contributed by atoms with Crippen molar-refractivity contribution in [2.45, 2.75) is 13.5 Å². The lowest BCUT2D eigenvalue weighted by molar-refractivity contribution is 0.0627. The van der Waals surface area contributed by atoms with Crippen molar-refractivity contribution in [3.63, 3.8) is 0 Å². The number of methoxy groups -OCH3 is 1. The summed E-state index contributed by atoms with van der Waals surface area (Å²) in [6, 6.07) is 17.9. The van der Waals surface area contributed by atoms with Crippen molar-refractivity contribution in [2.24, 2.45) is 0 Å². The molecule has 0 spiro atoms. The van der Waals surface area contributed by atoms with Crippen LogP contribution < -0.4 is 4.74 Å². The first-order valence-corrected chi connectivity index (χ1v) is 12.2. The molecule has 0 bridgehead atoms. The molecule has 3 heterocycles. The Bertz CT molecular complexity index is 1260. The molecule has 1 fully saturated rings. The number of carbonyl (C=O) groups excluding carboxylic acids is 1. The number of carbonyl (C=O) groups is 1. The van der Waals surface area contributed by atoms with E-state index in [1.54, 1.807) is 24.6 Å². The van der Waals surface area contributed by atoms with E-state index in [4.69, 9.17) is 9.72 Å². The van der Waals surface area contributed by atoms with Crippen LogP contribution in [0.1, 0.15) is 21.1 Å². The second kappa shape index (κ2) is 9.79. The van der Waals surface area contributed by atoms with E-state index in [9.17, 15) is 4.79 Å². The third-order valence-corrected chi connectivity index (χ3v) is 7.03. The first-order valence-electron chi connectivity index (χ1n) is 11.3. The van der Waals surface area contributed by atoms with Crippen LogP contribution in [0.4, 0.5) is 0 Å². The minimum Gasteiger partial charge on any atom is -0.497 e. The van der Waals surface area contributed by atoms with E-state index in [1.165, 1.54) is 0 Å². The smallest absolute Gasteiger partial charge is 0.257 e. The van der Waals surface area contributed by atoms with Crippen LogP contribution in [0, 0.1) is 6.92 Å². The fraction of sp³-hybridized carbons (Fsp3) is 0.269. The summed E-state index contributed by atoms with van der Waals surface area (Å²) < 4.78 is 7.06. The summed E-state index contributed by atoms with van der Waals surface area (Å²) in [4.78, 5) is 22.3. The Morgan fingerprint density at radius 1 is 1.03 bits per heavy atom. The zero-order valence-electron chi connectivity index (χ0n) is 19.3. The third-order valence-electron chi connectivity index (χ3n) is 6.20. The first-order chi connectivity index (χ1) is 16.6. The van der Waals surface area contributed by atoms with E-state index in [2.05, 4.69) is 15.4 Å². The summed E-state index contributed by atoms with van der Waals surface area (Å²) in [7, 11) is 1.67. The Hall–Kier alpha value is -3.49. The van der Waals surface area contributed by atoms with Gasteiger partial charge in [-0.05, 0) is 43.3 Å². The van der Waals surface area contributed by atoms with Gasteiger partial charge in [0, 0.05) is 37.1 Å². The monoisotopic (exact) mass is 473 g/mol. The molecular formula is C26H27N5O2S. The van der Waals surface area contributed by atoms with Gasteiger partial charge in [-0.2, -0.15) is 5.10 Å². The molecule has 0 aliphatic carbocycles. The molecule has 0 saturated carbocycles. The van der Waals surface area contributed by atoms with Crippen LogP contribution in [0.5, 0.6) is 5.75 Å².